The molecule has 34 heavy (non-hydrogen) atoms. The monoisotopic (exact) mass is 496 g/mol. The van der Waals surface area contributed by atoms with Gasteiger partial charge in [0.25, 0.3) is 0 Å². The van der Waals surface area contributed by atoms with Crippen molar-refractivity contribution in [2.24, 2.45) is 0 Å². The summed E-state index contributed by atoms with van der Waals surface area (Å²) in [5, 5.41) is 5.65. The van der Waals surface area contributed by atoms with Crippen LogP contribution < -0.4 is 14.9 Å². The maximum Gasteiger partial charge on any atom is 0.236 e. The third-order valence-electron chi connectivity index (χ3n) is 6.22. The summed E-state index contributed by atoms with van der Waals surface area (Å²) in [6.07, 6.45) is 7.93. The highest BCUT2D eigenvalue weighted by Gasteiger charge is 2.37. The van der Waals surface area contributed by atoms with Gasteiger partial charge in [-0.3, -0.25) is 9.78 Å². The van der Waals surface area contributed by atoms with Gasteiger partial charge in [-0.15, -0.1) is 11.3 Å². The highest BCUT2D eigenvalue weighted by Crippen LogP contribution is 2.33. The number of anilines is 3. The van der Waals surface area contributed by atoms with Crippen LogP contribution in [0.4, 0.5) is 16.6 Å². The minimum atomic E-state index is -1.10. The summed E-state index contributed by atoms with van der Waals surface area (Å²) < 4.78 is 15.1. The maximum absolute atomic E-state index is 13.1. The smallest absolute Gasteiger partial charge is 0.236 e. The SMILES string of the molecule is CC(C)(C(=O)Nc1ccc(-c2cncc(N3CCCC3)n2)cc1)c1csc(N[S+]([O-])C2CC2)n1. The van der Waals surface area contributed by atoms with Crippen molar-refractivity contribution in [2.75, 3.05) is 28.0 Å². The minimum Gasteiger partial charge on any atom is -0.593 e. The van der Waals surface area contributed by atoms with Crippen LogP contribution in [0.3, 0.4) is 0 Å². The van der Waals surface area contributed by atoms with Crippen LogP contribution in [0.15, 0.2) is 42.0 Å². The zero-order valence-electron chi connectivity index (χ0n) is 19.3. The number of aromatic nitrogens is 3. The summed E-state index contributed by atoms with van der Waals surface area (Å²) >= 11 is 0.269. The van der Waals surface area contributed by atoms with Crippen LogP contribution >= 0.6 is 11.3 Å². The van der Waals surface area contributed by atoms with E-state index in [1.54, 1.807) is 6.20 Å². The lowest BCUT2D eigenvalue weighted by Crippen LogP contribution is -2.35. The van der Waals surface area contributed by atoms with E-state index in [4.69, 9.17) is 4.98 Å². The molecule has 2 aliphatic rings. The lowest BCUT2D eigenvalue weighted by atomic mass is 9.89. The third kappa shape index (κ3) is 5.03. The van der Waals surface area contributed by atoms with Crippen molar-refractivity contribution in [1.82, 2.24) is 15.0 Å². The van der Waals surface area contributed by atoms with Crippen LogP contribution in [-0.4, -0.2) is 43.8 Å². The average Bonchev–Trinajstić information content (AvgIpc) is 3.34. The molecule has 1 amide bonds. The maximum atomic E-state index is 13.1. The first-order valence-corrected chi connectivity index (χ1v) is 13.6. The molecule has 1 atom stereocenters. The Morgan fingerprint density at radius 2 is 1.88 bits per heavy atom. The van der Waals surface area contributed by atoms with Gasteiger partial charge >= 0.3 is 0 Å². The molecule has 8 nitrogen and oxygen atoms in total. The van der Waals surface area contributed by atoms with E-state index in [9.17, 15) is 9.35 Å². The van der Waals surface area contributed by atoms with E-state index in [-0.39, 0.29) is 11.2 Å². The highest BCUT2D eigenvalue weighted by molar-refractivity contribution is 7.93. The number of amides is 1. The zero-order chi connectivity index (χ0) is 23.7. The minimum absolute atomic E-state index is 0.156. The van der Waals surface area contributed by atoms with Crippen molar-refractivity contribution in [3.63, 3.8) is 0 Å². The van der Waals surface area contributed by atoms with E-state index in [0.29, 0.717) is 16.5 Å². The quantitative estimate of drug-likeness (QED) is 0.447. The molecule has 0 bridgehead atoms. The Morgan fingerprint density at radius 3 is 2.59 bits per heavy atom. The second-order valence-corrected chi connectivity index (χ2v) is 11.6. The number of carbonyl (C=O) groups excluding carboxylic acids is 1. The molecule has 178 valence electrons. The number of benzene rings is 1. The van der Waals surface area contributed by atoms with Gasteiger partial charge in [0.05, 0.1) is 40.6 Å². The molecule has 1 aliphatic heterocycles. The van der Waals surface area contributed by atoms with Gasteiger partial charge in [0.15, 0.2) is 0 Å². The fourth-order valence-corrected chi connectivity index (χ4v) is 5.89. The molecule has 0 radical (unpaired) electrons. The Labute approximate surface area is 206 Å². The predicted molar refractivity (Wildman–Crippen MR) is 137 cm³/mol. The number of thiazole rings is 1. The molecular weight excluding hydrogens is 468 g/mol. The Bertz CT molecular complexity index is 1160. The van der Waals surface area contributed by atoms with E-state index in [0.717, 1.165) is 43.0 Å². The summed E-state index contributed by atoms with van der Waals surface area (Å²) in [7, 11) is 0. The molecular formula is C24H28N6O2S2. The molecule has 0 spiro atoms. The molecule has 3 aromatic rings. The first kappa shape index (κ1) is 23.1. The topological polar surface area (TPSA) is 106 Å². The highest BCUT2D eigenvalue weighted by atomic mass is 32.2. The summed E-state index contributed by atoms with van der Waals surface area (Å²) in [6.45, 7) is 5.72. The molecule has 2 aromatic heterocycles. The van der Waals surface area contributed by atoms with Gasteiger partial charge in [0.2, 0.25) is 11.0 Å². The van der Waals surface area contributed by atoms with Crippen molar-refractivity contribution < 1.29 is 9.35 Å². The molecule has 2 N–H and O–H groups in total. The van der Waals surface area contributed by atoms with Gasteiger partial charge in [0.1, 0.15) is 11.1 Å². The third-order valence-corrected chi connectivity index (χ3v) is 8.58. The Balaban J connectivity index is 1.24. The van der Waals surface area contributed by atoms with E-state index in [1.165, 1.54) is 24.2 Å². The van der Waals surface area contributed by atoms with Crippen molar-refractivity contribution in [3.05, 3.63) is 47.7 Å². The predicted octanol–water partition coefficient (Wildman–Crippen LogP) is 4.35. The number of hydrogen-bond donors (Lipinski definition) is 2. The van der Waals surface area contributed by atoms with Crippen LogP contribution in [0, 0.1) is 0 Å². The summed E-state index contributed by atoms with van der Waals surface area (Å²) in [5.74, 6) is 0.753. The molecule has 1 saturated heterocycles. The number of hydrogen-bond acceptors (Lipinski definition) is 8. The van der Waals surface area contributed by atoms with Gasteiger partial charge in [0, 0.05) is 42.6 Å². The fraction of sp³-hybridized carbons (Fsp3) is 0.417. The molecule has 1 aliphatic carbocycles. The number of rotatable bonds is 8. The van der Waals surface area contributed by atoms with E-state index < -0.39 is 16.8 Å². The number of nitrogens with zero attached hydrogens (tertiary/aromatic N) is 4. The van der Waals surface area contributed by atoms with Gasteiger partial charge in [-0.05, 0) is 38.8 Å². The van der Waals surface area contributed by atoms with Crippen molar-refractivity contribution in [1.29, 1.82) is 0 Å². The summed E-state index contributed by atoms with van der Waals surface area (Å²) in [4.78, 5) is 29.0. The largest absolute Gasteiger partial charge is 0.593 e. The lowest BCUT2D eigenvalue weighted by molar-refractivity contribution is -0.120. The van der Waals surface area contributed by atoms with Crippen LogP contribution in [0.5, 0.6) is 0 Å². The number of nitrogens with one attached hydrogen (secondary N) is 2. The molecule has 3 heterocycles. The molecule has 10 heteroatoms. The van der Waals surface area contributed by atoms with Crippen LogP contribution in [0.2, 0.25) is 0 Å². The second kappa shape index (κ2) is 9.52. The van der Waals surface area contributed by atoms with Crippen molar-refractivity contribution >= 4 is 45.2 Å². The van der Waals surface area contributed by atoms with Crippen molar-refractivity contribution in [2.45, 2.75) is 50.2 Å². The molecule has 2 fully saturated rings. The second-order valence-electron chi connectivity index (χ2n) is 9.25. The molecule has 1 unspecified atom stereocenters. The zero-order valence-corrected chi connectivity index (χ0v) is 20.9. The van der Waals surface area contributed by atoms with E-state index >= 15 is 0 Å². The summed E-state index contributed by atoms with van der Waals surface area (Å²) in [6, 6.07) is 7.64. The van der Waals surface area contributed by atoms with E-state index in [2.05, 4.69) is 24.9 Å². The Morgan fingerprint density at radius 1 is 1.15 bits per heavy atom. The van der Waals surface area contributed by atoms with Gasteiger partial charge in [-0.25, -0.2) is 9.97 Å². The molecule has 1 saturated carbocycles. The van der Waals surface area contributed by atoms with Crippen LogP contribution in [-0.2, 0) is 21.6 Å². The summed E-state index contributed by atoms with van der Waals surface area (Å²) in [5.41, 5.74) is 2.27. The molecule has 5 rings (SSSR count). The first-order chi connectivity index (χ1) is 16.4. The van der Waals surface area contributed by atoms with Crippen LogP contribution in [0.1, 0.15) is 45.2 Å². The van der Waals surface area contributed by atoms with Crippen LogP contribution in [0.25, 0.3) is 11.3 Å². The molecule has 1 aromatic carbocycles. The van der Waals surface area contributed by atoms with E-state index in [1.807, 2.05) is 49.7 Å². The Kier molecular flexibility index (Phi) is 6.46. The Hall–Kier alpha value is -2.69. The normalized spacial score (nSPS) is 17.0. The average molecular weight is 497 g/mol. The van der Waals surface area contributed by atoms with Gasteiger partial charge in [-0.2, -0.15) is 4.72 Å². The van der Waals surface area contributed by atoms with Gasteiger partial charge in [-0.1, -0.05) is 12.1 Å². The first-order valence-electron chi connectivity index (χ1n) is 11.5. The van der Waals surface area contributed by atoms with Gasteiger partial charge < -0.3 is 14.8 Å². The lowest BCUT2D eigenvalue weighted by Gasteiger charge is -2.21. The standard InChI is InChI=1S/C24H28N6O2S2/c1-24(2,20-15-33-23(28-20)29-34(32)18-9-10-18)22(31)26-17-7-5-16(6-8-17)19-13-25-14-21(27-19)30-11-3-4-12-30/h5-8,13-15,18H,3-4,9-12H2,1-2H3,(H,26,31)(H,28,29). The van der Waals surface area contributed by atoms with Crippen molar-refractivity contribution in [3.8, 4) is 11.3 Å². The fourth-order valence-electron chi connectivity index (χ4n) is 3.78. The number of carbonyl (C=O) groups is 1.